The maximum Gasteiger partial charge on any atom is 0.216 e. The van der Waals surface area contributed by atoms with Crippen LogP contribution in [0.4, 0.5) is 4.39 Å². The number of aromatic nitrogens is 2. The molecule has 0 N–H and O–H groups in total. The lowest BCUT2D eigenvalue weighted by Crippen LogP contribution is -2.32. The van der Waals surface area contributed by atoms with Crippen molar-refractivity contribution in [1.82, 2.24) is 14.9 Å². The molecule has 34 heavy (non-hydrogen) atoms. The number of fused-ring (bicyclic) bond motifs is 2. The van der Waals surface area contributed by atoms with Crippen molar-refractivity contribution in [3.05, 3.63) is 93.3 Å². The Kier molecular flexibility index (Phi) is 5.90. The Bertz CT molecular complexity index is 1460. The van der Waals surface area contributed by atoms with Gasteiger partial charge in [-0.25, -0.2) is 14.4 Å². The van der Waals surface area contributed by atoms with Crippen molar-refractivity contribution >= 4 is 46.3 Å². The van der Waals surface area contributed by atoms with Gasteiger partial charge < -0.3 is 0 Å². The maximum absolute atomic E-state index is 14.2. The second-order valence-electron chi connectivity index (χ2n) is 8.16. The summed E-state index contributed by atoms with van der Waals surface area (Å²) in [6.45, 7) is 2.32. The summed E-state index contributed by atoms with van der Waals surface area (Å²) < 4.78 is 14.2. The molecule has 5 nitrogen and oxygen atoms in total. The number of aldehydes is 1. The molecule has 5 rings (SSSR count). The van der Waals surface area contributed by atoms with Crippen molar-refractivity contribution in [2.24, 2.45) is 0 Å². The molecule has 2 unspecified atom stereocenters. The molecule has 2 atom stereocenters. The second kappa shape index (κ2) is 8.87. The second-order valence-corrected chi connectivity index (χ2v) is 8.97. The monoisotopic (exact) mass is 493 g/mol. The van der Waals surface area contributed by atoms with Gasteiger partial charge in [-0.3, -0.25) is 14.5 Å². The van der Waals surface area contributed by atoms with Gasteiger partial charge in [0.05, 0.1) is 33.0 Å². The number of Topliss-reactive ketones (excluding diaryl/α,β-unsaturated/α-hetero) is 1. The van der Waals surface area contributed by atoms with Crippen LogP contribution < -0.4 is 0 Å². The highest BCUT2D eigenvalue weighted by Gasteiger charge is 2.39. The number of ketones is 1. The molecule has 4 aromatic rings. The summed E-state index contributed by atoms with van der Waals surface area (Å²) in [7, 11) is 0. The Morgan fingerprint density at radius 1 is 1.09 bits per heavy atom. The van der Waals surface area contributed by atoms with Gasteiger partial charge in [-0.05, 0) is 48.4 Å². The number of carbonyl (C=O) groups excluding carboxylic acids is 2. The van der Waals surface area contributed by atoms with E-state index in [4.69, 9.17) is 33.2 Å². The summed E-state index contributed by atoms with van der Waals surface area (Å²) in [5, 5.41) is 0.710. The standard InChI is InChI=1S/C26H18Cl2FN3O2/c1-14(32-12-15-5-2-3-6-17(15)26(32)22(34)13-33)23-24(18-11-16(29)9-10-19(18)27)31-25-20(28)7-4-8-21(25)30-23/h2-11,13-14,26H,12H2,1H3. The van der Waals surface area contributed by atoms with Crippen LogP contribution in [0.5, 0.6) is 0 Å². The highest BCUT2D eigenvalue weighted by molar-refractivity contribution is 6.35. The van der Waals surface area contributed by atoms with Crippen LogP contribution in [0.25, 0.3) is 22.3 Å². The van der Waals surface area contributed by atoms with Gasteiger partial charge in [-0.2, -0.15) is 0 Å². The van der Waals surface area contributed by atoms with Crippen molar-refractivity contribution in [3.8, 4) is 11.3 Å². The average Bonchev–Trinajstić information content (AvgIpc) is 3.24. The number of carbonyl (C=O) groups is 2. The molecular formula is C26H18Cl2FN3O2. The minimum Gasteiger partial charge on any atom is -0.295 e. The Morgan fingerprint density at radius 2 is 1.88 bits per heavy atom. The van der Waals surface area contributed by atoms with E-state index in [2.05, 4.69) is 0 Å². The van der Waals surface area contributed by atoms with Crippen molar-refractivity contribution in [2.75, 3.05) is 0 Å². The van der Waals surface area contributed by atoms with Gasteiger partial charge in [0.2, 0.25) is 5.78 Å². The third-order valence-electron chi connectivity index (χ3n) is 6.17. The summed E-state index contributed by atoms with van der Waals surface area (Å²) in [6, 6.07) is 15.6. The minimum absolute atomic E-state index is 0.306. The summed E-state index contributed by atoms with van der Waals surface area (Å²) in [5.74, 6) is -1.01. The van der Waals surface area contributed by atoms with Gasteiger partial charge in [0.25, 0.3) is 0 Å². The van der Waals surface area contributed by atoms with Crippen molar-refractivity contribution < 1.29 is 14.0 Å². The van der Waals surface area contributed by atoms with Crippen molar-refractivity contribution in [1.29, 1.82) is 0 Å². The molecule has 1 aliphatic heterocycles. The highest BCUT2D eigenvalue weighted by atomic mass is 35.5. The molecule has 1 aliphatic rings. The smallest absolute Gasteiger partial charge is 0.216 e. The summed E-state index contributed by atoms with van der Waals surface area (Å²) in [5.41, 5.74) is 3.99. The first-order valence-electron chi connectivity index (χ1n) is 10.6. The Labute approximate surface area is 205 Å². The molecule has 0 saturated carbocycles. The van der Waals surface area contributed by atoms with Crippen LogP contribution in [-0.4, -0.2) is 26.9 Å². The molecule has 0 spiro atoms. The zero-order valence-corrected chi connectivity index (χ0v) is 19.5. The van der Waals surface area contributed by atoms with Crippen LogP contribution in [-0.2, 0) is 16.1 Å². The van der Waals surface area contributed by atoms with Crippen LogP contribution in [0.2, 0.25) is 10.0 Å². The van der Waals surface area contributed by atoms with Crippen molar-refractivity contribution in [2.45, 2.75) is 25.6 Å². The molecule has 1 aromatic heterocycles. The van der Waals surface area contributed by atoms with E-state index in [-0.39, 0.29) is 0 Å². The number of hydrogen-bond donors (Lipinski definition) is 0. The van der Waals surface area contributed by atoms with E-state index in [1.54, 1.807) is 18.2 Å². The lowest BCUT2D eigenvalue weighted by atomic mass is 10.00. The zero-order valence-electron chi connectivity index (χ0n) is 18.0. The third kappa shape index (κ3) is 3.78. The summed E-state index contributed by atoms with van der Waals surface area (Å²) in [4.78, 5) is 35.7. The predicted molar refractivity (Wildman–Crippen MR) is 129 cm³/mol. The first-order chi connectivity index (χ1) is 16.4. The van der Waals surface area contributed by atoms with Gasteiger partial charge >= 0.3 is 0 Å². The largest absolute Gasteiger partial charge is 0.295 e. The van der Waals surface area contributed by atoms with E-state index in [0.717, 1.165) is 11.1 Å². The zero-order chi connectivity index (χ0) is 24.0. The third-order valence-corrected chi connectivity index (χ3v) is 6.80. The van der Waals surface area contributed by atoms with Crippen LogP contribution in [0.1, 0.15) is 35.8 Å². The van der Waals surface area contributed by atoms with Gasteiger partial charge in [-0.15, -0.1) is 0 Å². The fraction of sp³-hybridized carbons (Fsp3) is 0.154. The molecule has 0 saturated heterocycles. The first kappa shape index (κ1) is 22.6. The van der Waals surface area contributed by atoms with E-state index >= 15 is 0 Å². The van der Waals surface area contributed by atoms with Gasteiger partial charge in [0, 0.05) is 12.1 Å². The van der Waals surface area contributed by atoms with Gasteiger partial charge in [0.15, 0.2) is 6.29 Å². The van der Waals surface area contributed by atoms with E-state index in [9.17, 15) is 14.0 Å². The molecule has 0 amide bonds. The molecular weight excluding hydrogens is 476 g/mol. The molecule has 2 heterocycles. The van der Waals surface area contributed by atoms with E-state index < -0.39 is 23.7 Å². The van der Waals surface area contributed by atoms with Crippen molar-refractivity contribution in [3.63, 3.8) is 0 Å². The predicted octanol–water partition coefficient (Wildman–Crippen LogP) is 6.13. The Hall–Kier alpha value is -3.19. The molecule has 170 valence electrons. The quantitative estimate of drug-likeness (QED) is 0.247. The van der Waals surface area contributed by atoms with Gasteiger partial charge in [0.1, 0.15) is 17.4 Å². The fourth-order valence-corrected chi connectivity index (χ4v) is 4.95. The Morgan fingerprint density at radius 3 is 2.68 bits per heavy atom. The topological polar surface area (TPSA) is 63.2 Å². The number of para-hydroxylation sites is 1. The van der Waals surface area contributed by atoms with E-state index in [1.807, 2.05) is 36.1 Å². The summed E-state index contributed by atoms with van der Waals surface area (Å²) in [6.07, 6.45) is 0.350. The first-order valence-corrected chi connectivity index (χ1v) is 11.4. The number of rotatable bonds is 5. The maximum atomic E-state index is 14.2. The lowest BCUT2D eigenvalue weighted by molar-refractivity contribution is -0.134. The average molecular weight is 494 g/mol. The number of halogens is 3. The number of nitrogens with zero attached hydrogens (tertiary/aromatic N) is 3. The molecule has 3 aromatic carbocycles. The van der Waals surface area contributed by atoms with E-state index in [1.165, 1.54) is 18.2 Å². The van der Waals surface area contributed by atoms with Crippen LogP contribution in [0, 0.1) is 5.82 Å². The normalized spacial score (nSPS) is 16.4. The highest BCUT2D eigenvalue weighted by Crippen LogP contribution is 2.43. The lowest BCUT2D eigenvalue weighted by Gasteiger charge is -2.30. The van der Waals surface area contributed by atoms with Crippen LogP contribution >= 0.6 is 23.2 Å². The van der Waals surface area contributed by atoms with Crippen LogP contribution in [0.3, 0.4) is 0 Å². The molecule has 0 aliphatic carbocycles. The Balaban J connectivity index is 1.72. The minimum atomic E-state index is -0.753. The van der Waals surface area contributed by atoms with E-state index in [0.29, 0.717) is 50.9 Å². The van der Waals surface area contributed by atoms with Crippen LogP contribution in [0.15, 0.2) is 60.7 Å². The molecule has 0 bridgehead atoms. The SMILES string of the molecule is CC(c1nc2cccc(Cl)c2nc1-c1cc(F)ccc1Cl)N1Cc2ccccc2C1C(=O)C=O. The molecule has 0 fully saturated rings. The van der Waals surface area contributed by atoms with Gasteiger partial charge in [-0.1, -0.05) is 53.5 Å². The fourth-order valence-electron chi connectivity index (χ4n) is 4.54. The molecule has 0 radical (unpaired) electrons. The molecule has 8 heteroatoms. The number of hydrogen-bond acceptors (Lipinski definition) is 5. The number of benzene rings is 3. The summed E-state index contributed by atoms with van der Waals surface area (Å²) >= 11 is 12.8.